The summed E-state index contributed by atoms with van der Waals surface area (Å²) in [6, 6.07) is 3.41. The van der Waals surface area contributed by atoms with Crippen molar-refractivity contribution >= 4 is 10.0 Å². The Kier molecular flexibility index (Phi) is 3.84. The zero-order valence-electron chi connectivity index (χ0n) is 11.1. The SMILES string of the molecule is O=S(=O)(c1cnoc1)N1CCCC(Oc2cccnn2)C1. The third-order valence-corrected chi connectivity index (χ3v) is 5.03. The normalized spacial score (nSPS) is 20.3. The average Bonchev–Trinajstić information content (AvgIpc) is 3.04. The first-order valence-corrected chi connectivity index (χ1v) is 7.94. The predicted octanol–water partition coefficient (Wildman–Crippen LogP) is 0.697. The maximum absolute atomic E-state index is 12.4. The van der Waals surface area contributed by atoms with Crippen molar-refractivity contribution in [2.45, 2.75) is 23.8 Å². The maximum Gasteiger partial charge on any atom is 0.248 e. The van der Waals surface area contributed by atoms with Gasteiger partial charge in [0.1, 0.15) is 17.3 Å². The van der Waals surface area contributed by atoms with E-state index < -0.39 is 10.0 Å². The van der Waals surface area contributed by atoms with Gasteiger partial charge in [-0.25, -0.2) is 8.42 Å². The molecule has 1 atom stereocenters. The van der Waals surface area contributed by atoms with Gasteiger partial charge in [0, 0.05) is 18.8 Å². The van der Waals surface area contributed by atoms with Crippen molar-refractivity contribution in [3.05, 3.63) is 30.8 Å². The summed E-state index contributed by atoms with van der Waals surface area (Å²) in [5.74, 6) is 0.395. The van der Waals surface area contributed by atoms with Crippen LogP contribution in [0, 0.1) is 0 Å². The minimum atomic E-state index is -3.58. The van der Waals surface area contributed by atoms with Crippen molar-refractivity contribution < 1.29 is 17.7 Å². The van der Waals surface area contributed by atoms with Crippen LogP contribution in [-0.4, -0.2) is 47.3 Å². The molecule has 112 valence electrons. The molecule has 2 aromatic heterocycles. The van der Waals surface area contributed by atoms with E-state index in [1.54, 1.807) is 18.3 Å². The van der Waals surface area contributed by atoms with E-state index in [0.717, 1.165) is 19.1 Å². The fourth-order valence-electron chi connectivity index (χ4n) is 2.21. The highest BCUT2D eigenvalue weighted by molar-refractivity contribution is 7.89. The fourth-order valence-corrected chi connectivity index (χ4v) is 3.58. The Balaban J connectivity index is 1.71. The zero-order chi connectivity index (χ0) is 14.7. The quantitative estimate of drug-likeness (QED) is 0.819. The number of nitrogens with zero attached hydrogens (tertiary/aromatic N) is 4. The number of hydrogen-bond donors (Lipinski definition) is 0. The molecule has 9 heteroatoms. The van der Waals surface area contributed by atoms with E-state index >= 15 is 0 Å². The summed E-state index contributed by atoms with van der Waals surface area (Å²) in [6.45, 7) is 0.720. The summed E-state index contributed by atoms with van der Waals surface area (Å²) >= 11 is 0. The molecule has 0 bridgehead atoms. The van der Waals surface area contributed by atoms with Gasteiger partial charge in [-0.15, -0.1) is 5.10 Å². The molecule has 3 rings (SSSR count). The van der Waals surface area contributed by atoms with Crippen LogP contribution in [0.3, 0.4) is 0 Å². The number of piperidine rings is 1. The van der Waals surface area contributed by atoms with Gasteiger partial charge < -0.3 is 9.26 Å². The second kappa shape index (κ2) is 5.78. The third kappa shape index (κ3) is 3.03. The monoisotopic (exact) mass is 310 g/mol. The van der Waals surface area contributed by atoms with Gasteiger partial charge in [-0.05, 0) is 18.9 Å². The molecule has 0 radical (unpaired) electrons. The van der Waals surface area contributed by atoms with Gasteiger partial charge in [0.15, 0.2) is 0 Å². The smallest absolute Gasteiger partial charge is 0.248 e. The second-order valence-electron chi connectivity index (χ2n) is 4.67. The lowest BCUT2D eigenvalue weighted by Crippen LogP contribution is -2.44. The Morgan fingerprint density at radius 1 is 1.43 bits per heavy atom. The van der Waals surface area contributed by atoms with Crippen molar-refractivity contribution in [2.75, 3.05) is 13.1 Å². The molecular weight excluding hydrogens is 296 g/mol. The van der Waals surface area contributed by atoms with Crippen molar-refractivity contribution in [2.24, 2.45) is 0 Å². The molecular formula is C12H14N4O4S. The number of aromatic nitrogens is 3. The predicted molar refractivity (Wildman–Crippen MR) is 70.9 cm³/mol. The van der Waals surface area contributed by atoms with E-state index in [1.807, 2.05) is 0 Å². The van der Waals surface area contributed by atoms with Gasteiger partial charge in [0.05, 0.1) is 12.7 Å². The van der Waals surface area contributed by atoms with E-state index in [4.69, 9.17) is 4.74 Å². The lowest BCUT2D eigenvalue weighted by Gasteiger charge is -2.31. The van der Waals surface area contributed by atoms with E-state index in [9.17, 15) is 8.42 Å². The first kappa shape index (κ1) is 14.0. The van der Waals surface area contributed by atoms with Gasteiger partial charge >= 0.3 is 0 Å². The van der Waals surface area contributed by atoms with E-state index in [2.05, 4.69) is 19.9 Å². The Labute approximate surface area is 121 Å². The number of hydrogen-bond acceptors (Lipinski definition) is 7. The van der Waals surface area contributed by atoms with E-state index in [1.165, 1.54) is 10.5 Å². The maximum atomic E-state index is 12.4. The van der Waals surface area contributed by atoms with Crippen LogP contribution in [0.4, 0.5) is 0 Å². The molecule has 0 amide bonds. The molecule has 1 unspecified atom stereocenters. The lowest BCUT2D eigenvalue weighted by molar-refractivity contribution is 0.123. The zero-order valence-corrected chi connectivity index (χ0v) is 11.9. The Morgan fingerprint density at radius 3 is 3.05 bits per heavy atom. The number of sulfonamides is 1. The van der Waals surface area contributed by atoms with Crippen LogP contribution < -0.4 is 4.74 Å². The first-order valence-electron chi connectivity index (χ1n) is 6.50. The van der Waals surface area contributed by atoms with Crippen LogP contribution in [0.1, 0.15) is 12.8 Å². The van der Waals surface area contributed by atoms with Crippen LogP contribution in [0.2, 0.25) is 0 Å². The minimum absolute atomic E-state index is 0.0580. The van der Waals surface area contributed by atoms with Crippen molar-refractivity contribution in [1.82, 2.24) is 19.7 Å². The van der Waals surface area contributed by atoms with Crippen LogP contribution in [0.15, 0.2) is 40.2 Å². The van der Waals surface area contributed by atoms with Crippen LogP contribution in [-0.2, 0) is 10.0 Å². The second-order valence-corrected chi connectivity index (χ2v) is 6.61. The summed E-state index contributed by atoms with van der Waals surface area (Å²) in [6.07, 6.45) is 5.12. The molecule has 0 aliphatic carbocycles. The van der Waals surface area contributed by atoms with Crippen LogP contribution >= 0.6 is 0 Å². The first-order chi connectivity index (χ1) is 10.2. The highest BCUT2D eigenvalue weighted by Crippen LogP contribution is 2.22. The van der Waals surface area contributed by atoms with Crippen LogP contribution in [0.5, 0.6) is 5.88 Å². The molecule has 1 fully saturated rings. The van der Waals surface area contributed by atoms with E-state index in [0.29, 0.717) is 12.4 Å². The largest absolute Gasteiger partial charge is 0.472 e. The summed E-state index contributed by atoms with van der Waals surface area (Å²) in [7, 11) is -3.58. The van der Waals surface area contributed by atoms with E-state index in [-0.39, 0.29) is 17.5 Å². The van der Waals surface area contributed by atoms with Gasteiger partial charge in [-0.3, -0.25) is 0 Å². The highest BCUT2D eigenvalue weighted by atomic mass is 32.2. The van der Waals surface area contributed by atoms with Gasteiger partial charge in [0.25, 0.3) is 0 Å². The molecule has 0 aromatic carbocycles. The molecule has 0 spiro atoms. The summed E-state index contributed by atoms with van der Waals surface area (Å²) in [4.78, 5) is 0.0580. The fraction of sp³-hybridized carbons (Fsp3) is 0.417. The Hall–Kier alpha value is -2.00. The standard InChI is InChI=1S/C12H14N4O4S/c17-21(18,11-7-14-19-9-11)16-6-2-3-10(8-16)20-12-4-1-5-13-15-12/h1,4-5,7,9-10H,2-3,6,8H2. The summed E-state index contributed by atoms with van der Waals surface area (Å²) in [5, 5.41) is 11.0. The molecule has 1 saturated heterocycles. The number of ether oxygens (including phenoxy) is 1. The molecule has 0 saturated carbocycles. The molecule has 8 nitrogen and oxygen atoms in total. The Morgan fingerprint density at radius 2 is 2.33 bits per heavy atom. The summed E-state index contributed by atoms with van der Waals surface area (Å²) < 4.78 is 36.4. The number of rotatable bonds is 4. The third-order valence-electron chi connectivity index (χ3n) is 3.22. The molecule has 3 heterocycles. The van der Waals surface area contributed by atoms with Gasteiger partial charge in [0.2, 0.25) is 15.9 Å². The molecule has 21 heavy (non-hydrogen) atoms. The lowest BCUT2D eigenvalue weighted by atomic mass is 10.1. The molecule has 1 aliphatic rings. The van der Waals surface area contributed by atoms with Crippen LogP contribution in [0.25, 0.3) is 0 Å². The average molecular weight is 310 g/mol. The van der Waals surface area contributed by atoms with Crippen molar-refractivity contribution in [3.8, 4) is 5.88 Å². The summed E-state index contributed by atoms with van der Waals surface area (Å²) in [5.41, 5.74) is 0. The Bertz CT molecular complexity index is 675. The van der Waals surface area contributed by atoms with Gasteiger partial charge in [-0.2, -0.15) is 9.40 Å². The molecule has 0 N–H and O–H groups in total. The molecule has 2 aromatic rings. The minimum Gasteiger partial charge on any atom is -0.472 e. The van der Waals surface area contributed by atoms with Gasteiger partial charge in [-0.1, -0.05) is 5.16 Å². The molecule has 1 aliphatic heterocycles. The highest BCUT2D eigenvalue weighted by Gasteiger charge is 2.32. The van der Waals surface area contributed by atoms with Crippen molar-refractivity contribution in [1.29, 1.82) is 0 Å². The van der Waals surface area contributed by atoms with Crippen molar-refractivity contribution in [3.63, 3.8) is 0 Å². The topological polar surface area (TPSA) is 98.4 Å².